The Bertz CT molecular complexity index is 2070. The first kappa shape index (κ1) is 32.2. The number of aromatic nitrogens is 3. The Morgan fingerprint density at radius 1 is 0.936 bits per heavy atom. The lowest BCUT2D eigenvalue weighted by Gasteiger charge is -2.38. The van der Waals surface area contributed by atoms with E-state index in [0.29, 0.717) is 52.9 Å². The molecule has 1 amide bonds. The minimum atomic E-state index is -0.420. The molecule has 0 saturated carbocycles. The number of pyridine rings is 1. The van der Waals surface area contributed by atoms with Crippen LogP contribution in [0.25, 0.3) is 11.8 Å². The number of amides is 1. The second kappa shape index (κ2) is 13.2. The van der Waals surface area contributed by atoms with E-state index in [4.69, 9.17) is 12.2 Å². The highest BCUT2D eigenvalue weighted by molar-refractivity contribution is 8.27. The van der Waals surface area contributed by atoms with E-state index in [-0.39, 0.29) is 26.7 Å². The standard InChI is InChI=1S/C35H35N7O3S2/c1-5-40-31(39-18-16-38(17-19-39)22-25-12-8-6-9-13-25)27(23(2)28(21-36)32(40)43)20-29-33(44)41(35(46)47-29)30-24(3)37(4)42(34(30)45)26-14-10-7-11-15-26/h6-15,20H,5,16-19,22H2,1-4H3/b29-20+. The van der Waals surface area contributed by atoms with E-state index in [1.165, 1.54) is 15.1 Å². The van der Waals surface area contributed by atoms with Crippen LogP contribution in [0, 0.1) is 25.2 Å². The van der Waals surface area contributed by atoms with E-state index in [0.717, 1.165) is 31.4 Å². The van der Waals surface area contributed by atoms with E-state index < -0.39 is 5.91 Å². The summed E-state index contributed by atoms with van der Waals surface area (Å²) in [7, 11) is 1.77. The Balaban J connectivity index is 1.39. The van der Waals surface area contributed by atoms with Crippen LogP contribution in [0.5, 0.6) is 0 Å². The van der Waals surface area contributed by atoms with Gasteiger partial charge in [-0.05, 0) is 50.1 Å². The predicted molar refractivity (Wildman–Crippen MR) is 191 cm³/mol. The van der Waals surface area contributed by atoms with Crippen molar-refractivity contribution in [1.82, 2.24) is 18.8 Å². The number of thiocarbonyl (C=S) groups is 1. The number of carbonyl (C=O) groups is 1. The summed E-state index contributed by atoms with van der Waals surface area (Å²) >= 11 is 6.81. The molecule has 2 aromatic heterocycles. The van der Waals surface area contributed by atoms with Gasteiger partial charge in [-0.1, -0.05) is 72.5 Å². The summed E-state index contributed by atoms with van der Waals surface area (Å²) in [6, 6.07) is 21.7. The van der Waals surface area contributed by atoms with Gasteiger partial charge in [-0.15, -0.1) is 0 Å². The SMILES string of the molecule is CCn1c(N2CCN(Cc3ccccc3)CC2)c(/C=C2/SC(=S)N(c3c(C)n(C)n(-c4ccccc4)c3=O)C2=O)c(C)c(C#N)c1=O. The summed E-state index contributed by atoms with van der Waals surface area (Å²) in [5.74, 6) is 0.262. The van der Waals surface area contributed by atoms with Gasteiger partial charge in [-0.3, -0.25) is 33.4 Å². The van der Waals surface area contributed by atoms with Gasteiger partial charge in [0.15, 0.2) is 4.32 Å². The maximum atomic E-state index is 14.1. The molecule has 2 fully saturated rings. The summed E-state index contributed by atoms with van der Waals surface area (Å²) < 4.78 is 5.10. The highest BCUT2D eigenvalue weighted by Crippen LogP contribution is 2.38. The van der Waals surface area contributed by atoms with Crippen molar-refractivity contribution < 1.29 is 4.79 Å². The molecule has 4 aromatic rings. The number of carbonyl (C=O) groups excluding carboxylic acids is 1. The van der Waals surface area contributed by atoms with E-state index >= 15 is 0 Å². The van der Waals surface area contributed by atoms with Gasteiger partial charge >= 0.3 is 0 Å². The molecule has 0 atom stereocenters. The Kier molecular flexibility index (Phi) is 9.05. The summed E-state index contributed by atoms with van der Waals surface area (Å²) in [5, 5.41) is 10.0. The van der Waals surface area contributed by atoms with Gasteiger partial charge in [-0.2, -0.15) is 5.26 Å². The normalized spacial score (nSPS) is 16.4. The second-order valence-corrected chi connectivity index (χ2v) is 13.3. The summed E-state index contributed by atoms with van der Waals surface area (Å²) in [6.07, 6.45) is 1.74. The number of hydrogen-bond donors (Lipinski definition) is 0. The number of nitrogens with zero attached hydrogens (tertiary/aromatic N) is 7. The van der Waals surface area contributed by atoms with Crippen molar-refractivity contribution in [3.63, 3.8) is 0 Å². The van der Waals surface area contributed by atoms with Crippen molar-refractivity contribution in [1.29, 1.82) is 5.26 Å². The van der Waals surface area contributed by atoms with Crippen LogP contribution in [0.3, 0.4) is 0 Å². The Labute approximate surface area is 282 Å². The number of benzene rings is 2. The third-order valence-electron chi connectivity index (χ3n) is 8.90. The minimum Gasteiger partial charge on any atom is -0.355 e. The highest BCUT2D eigenvalue weighted by Gasteiger charge is 2.38. The maximum Gasteiger partial charge on any atom is 0.296 e. The molecule has 47 heavy (non-hydrogen) atoms. The number of piperazine rings is 1. The van der Waals surface area contributed by atoms with Crippen molar-refractivity contribution in [2.75, 3.05) is 36.0 Å². The van der Waals surface area contributed by atoms with Crippen molar-refractivity contribution in [3.8, 4) is 11.8 Å². The number of para-hydroxylation sites is 1. The number of anilines is 2. The van der Waals surface area contributed by atoms with Crippen molar-refractivity contribution in [2.24, 2.45) is 7.05 Å². The zero-order valence-electron chi connectivity index (χ0n) is 26.8. The third kappa shape index (κ3) is 5.75. The maximum absolute atomic E-state index is 14.1. The van der Waals surface area contributed by atoms with Crippen LogP contribution in [0.2, 0.25) is 0 Å². The van der Waals surface area contributed by atoms with Gasteiger partial charge in [0.1, 0.15) is 23.1 Å². The first-order valence-corrected chi connectivity index (χ1v) is 16.7. The molecule has 0 aliphatic carbocycles. The quantitative estimate of drug-likeness (QED) is 0.209. The van der Waals surface area contributed by atoms with Crippen molar-refractivity contribution in [2.45, 2.75) is 33.9 Å². The molecule has 2 aromatic carbocycles. The zero-order chi connectivity index (χ0) is 33.4. The Morgan fingerprint density at radius 2 is 1.57 bits per heavy atom. The average molecular weight is 666 g/mol. The third-order valence-corrected chi connectivity index (χ3v) is 10.2. The van der Waals surface area contributed by atoms with Crippen molar-refractivity contribution >= 4 is 51.8 Å². The van der Waals surface area contributed by atoms with Crippen LogP contribution in [-0.4, -0.2) is 55.2 Å². The van der Waals surface area contributed by atoms with E-state index in [1.54, 1.807) is 36.2 Å². The van der Waals surface area contributed by atoms with Gasteiger partial charge in [-0.25, -0.2) is 4.68 Å². The lowest BCUT2D eigenvalue weighted by Crippen LogP contribution is -2.48. The highest BCUT2D eigenvalue weighted by atomic mass is 32.2. The van der Waals surface area contributed by atoms with Gasteiger partial charge in [0.25, 0.3) is 17.0 Å². The topological polar surface area (TPSA) is 99.5 Å². The van der Waals surface area contributed by atoms with Gasteiger partial charge in [0.05, 0.1) is 16.3 Å². The number of thioether (sulfide) groups is 1. The molecule has 4 heterocycles. The van der Waals surface area contributed by atoms with Gasteiger partial charge in [0.2, 0.25) is 0 Å². The molecule has 2 aliphatic heterocycles. The van der Waals surface area contributed by atoms with Crippen LogP contribution in [-0.2, 0) is 24.9 Å². The van der Waals surface area contributed by atoms with E-state index in [9.17, 15) is 19.6 Å². The summed E-state index contributed by atoms with van der Waals surface area (Å²) in [6.45, 7) is 9.52. The van der Waals surface area contributed by atoms with Crippen LogP contribution in [0.1, 0.15) is 34.9 Å². The predicted octanol–water partition coefficient (Wildman–Crippen LogP) is 4.57. The fraction of sp³-hybridized carbons (Fsp3) is 0.286. The molecule has 2 aliphatic rings. The summed E-state index contributed by atoms with van der Waals surface area (Å²) in [5.41, 5.74) is 3.19. The van der Waals surface area contributed by atoms with Crippen molar-refractivity contribution in [3.05, 3.63) is 114 Å². The minimum absolute atomic E-state index is 0.0460. The molecule has 0 N–H and O–H groups in total. The Hall–Kier alpha value is -4.70. The largest absolute Gasteiger partial charge is 0.355 e. The molecule has 2 saturated heterocycles. The summed E-state index contributed by atoms with van der Waals surface area (Å²) in [4.78, 5) is 47.6. The van der Waals surface area contributed by atoms with E-state index in [1.807, 2.05) is 55.5 Å². The van der Waals surface area contributed by atoms with Crippen LogP contribution in [0.4, 0.5) is 11.5 Å². The molecule has 10 nitrogen and oxygen atoms in total. The zero-order valence-corrected chi connectivity index (χ0v) is 28.4. The number of hydrogen-bond acceptors (Lipinski definition) is 8. The first-order valence-electron chi connectivity index (χ1n) is 15.5. The molecule has 0 spiro atoms. The van der Waals surface area contributed by atoms with Crippen LogP contribution >= 0.6 is 24.0 Å². The second-order valence-electron chi connectivity index (χ2n) is 11.6. The molecule has 0 bridgehead atoms. The molecular formula is C35H35N7O3S2. The number of rotatable bonds is 7. The smallest absolute Gasteiger partial charge is 0.296 e. The Morgan fingerprint density at radius 3 is 2.19 bits per heavy atom. The van der Waals surface area contributed by atoms with Crippen LogP contribution in [0.15, 0.2) is 75.2 Å². The fourth-order valence-electron chi connectivity index (χ4n) is 6.34. The van der Waals surface area contributed by atoms with E-state index in [2.05, 4.69) is 28.0 Å². The van der Waals surface area contributed by atoms with Gasteiger partial charge in [0, 0.05) is 51.9 Å². The molecule has 0 unspecified atom stereocenters. The molecule has 240 valence electrons. The lowest BCUT2D eigenvalue weighted by atomic mass is 10.0. The lowest BCUT2D eigenvalue weighted by molar-refractivity contribution is -0.113. The molecule has 12 heteroatoms. The molecule has 0 radical (unpaired) electrons. The van der Waals surface area contributed by atoms with Crippen LogP contribution < -0.4 is 20.9 Å². The van der Waals surface area contributed by atoms with Gasteiger partial charge < -0.3 is 4.90 Å². The molecule has 6 rings (SSSR count). The monoisotopic (exact) mass is 665 g/mol. The molecular weight excluding hydrogens is 631 g/mol. The fourth-order valence-corrected chi connectivity index (χ4v) is 7.59. The number of nitriles is 1. The first-order chi connectivity index (χ1) is 22.7. The average Bonchev–Trinajstić information content (AvgIpc) is 3.47.